The summed E-state index contributed by atoms with van der Waals surface area (Å²) in [4.78, 5) is 0. The Morgan fingerprint density at radius 3 is 2.77 bits per heavy atom. The summed E-state index contributed by atoms with van der Waals surface area (Å²) in [7, 11) is 0. The van der Waals surface area contributed by atoms with Crippen molar-refractivity contribution in [3.05, 3.63) is 35.8 Å². The van der Waals surface area contributed by atoms with Crippen molar-refractivity contribution in [2.24, 2.45) is 22.7 Å². The first-order valence-electron chi connectivity index (χ1n) is 8.71. The summed E-state index contributed by atoms with van der Waals surface area (Å²) in [6.07, 6.45) is 11.4. The van der Waals surface area contributed by atoms with Crippen LogP contribution in [0.3, 0.4) is 0 Å². The van der Waals surface area contributed by atoms with E-state index in [1.54, 1.807) is 11.8 Å². The molecule has 0 bridgehead atoms. The number of hydrogen-bond donors (Lipinski definition) is 1. The molecule has 2 nitrogen and oxygen atoms in total. The van der Waals surface area contributed by atoms with E-state index >= 15 is 0 Å². The number of aliphatic hydroxyl groups is 1. The molecular weight excluding hydrogens is 272 g/mol. The standard InChI is InChI=1S/C20H30O2/c1-14-5-8-17-19(2,3)18(21)9-11-20(17,4)16(14)7-6-15-10-12-22-13-15/h5,10,12-13,16-18,21H,6-9,11H2,1-4H3/t16-,17-,18-,20+/m0/s1. The van der Waals surface area contributed by atoms with Crippen LogP contribution in [0.4, 0.5) is 0 Å². The summed E-state index contributed by atoms with van der Waals surface area (Å²) < 4.78 is 5.21. The Labute approximate surface area is 134 Å². The topological polar surface area (TPSA) is 33.4 Å². The average Bonchev–Trinajstić information content (AvgIpc) is 2.96. The lowest BCUT2D eigenvalue weighted by atomic mass is 9.47. The van der Waals surface area contributed by atoms with Gasteiger partial charge in [-0.25, -0.2) is 0 Å². The fourth-order valence-corrected chi connectivity index (χ4v) is 5.34. The molecule has 0 aliphatic heterocycles. The van der Waals surface area contributed by atoms with E-state index in [1.165, 1.54) is 12.0 Å². The summed E-state index contributed by atoms with van der Waals surface area (Å²) >= 11 is 0. The second-order valence-electron chi connectivity index (χ2n) is 8.34. The average molecular weight is 302 g/mol. The molecule has 4 atom stereocenters. The van der Waals surface area contributed by atoms with Crippen LogP contribution in [-0.4, -0.2) is 11.2 Å². The quantitative estimate of drug-likeness (QED) is 0.799. The van der Waals surface area contributed by atoms with Gasteiger partial charge in [0.15, 0.2) is 0 Å². The van der Waals surface area contributed by atoms with Gasteiger partial charge in [-0.2, -0.15) is 0 Å². The van der Waals surface area contributed by atoms with Crippen LogP contribution in [0, 0.1) is 22.7 Å². The normalized spacial score (nSPS) is 37.5. The first-order chi connectivity index (χ1) is 10.4. The van der Waals surface area contributed by atoms with Crippen molar-refractivity contribution in [1.29, 1.82) is 0 Å². The molecular formula is C20H30O2. The highest BCUT2D eigenvalue weighted by molar-refractivity contribution is 5.20. The molecule has 1 heterocycles. The van der Waals surface area contributed by atoms with Crippen molar-refractivity contribution in [2.45, 2.75) is 65.9 Å². The van der Waals surface area contributed by atoms with E-state index in [1.807, 2.05) is 6.26 Å². The van der Waals surface area contributed by atoms with E-state index in [0.717, 1.165) is 25.7 Å². The van der Waals surface area contributed by atoms with E-state index in [2.05, 4.69) is 39.8 Å². The molecule has 0 spiro atoms. The maximum absolute atomic E-state index is 10.5. The van der Waals surface area contributed by atoms with Gasteiger partial charge in [0.2, 0.25) is 0 Å². The molecule has 1 fully saturated rings. The highest BCUT2D eigenvalue weighted by Crippen LogP contribution is 2.60. The molecule has 1 aromatic heterocycles. The van der Waals surface area contributed by atoms with E-state index < -0.39 is 0 Å². The van der Waals surface area contributed by atoms with Gasteiger partial charge in [0.05, 0.1) is 18.6 Å². The largest absolute Gasteiger partial charge is 0.472 e. The van der Waals surface area contributed by atoms with E-state index in [9.17, 15) is 5.11 Å². The van der Waals surface area contributed by atoms with Gasteiger partial charge in [0.1, 0.15) is 0 Å². The van der Waals surface area contributed by atoms with Crippen LogP contribution in [0.1, 0.15) is 58.9 Å². The van der Waals surface area contributed by atoms with Crippen LogP contribution in [-0.2, 0) is 6.42 Å². The van der Waals surface area contributed by atoms with Gasteiger partial charge in [-0.15, -0.1) is 0 Å². The molecule has 2 aliphatic carbocycles. The summed E-state index contributed by atoms with van der Waals surface area (Å²) in [5, 5.41) is 10.5. The van der Waals surface area contributed by atoms with Crippen LogP contribution >= 0.6 is 0 Å². The van der Waals surface area contributed by atoms with E-state index in [-0.39, 0.29) is 11.5 Å². The Morgan fingerprint density at radius 1 is 1.32 bits per heavy atom. The number of allylic oxidation sites excluding steroid dienone is 2. The SMILES string of the molecule is CC1=CC[C@H]2C(C)(C)[C@@H](O)CC[C@]2(C)[C@H]1CCc1ccoc1. The molecule has 22 heavy (non-hydrogen) atoms. The summed E-state index contributed by atoms with van der Waals surface area (Å²) in [5.41, 5.74) is 3.17. The number of hydrogen-bond acceptors (Lipinski definition) is 2. The third kappa shape index (κ3) is 2.46. The van der Waals surface area contributed by atoms with Crippen LogP contribution in [0.2, 0.25) is 0 Å². The highest BCUT2D eigenvalue weighted by atomic mass is 16.3. The van der Waals surface area contributed by atoms with Crippen molar-refractivity contribution < 1.29 is 9.52 Å². The van der Waals surface area contributed by atoms with Gasteiger partial charge >= 0.3 is 0 Å². The first-order valence-corrected chi connectivity index (χ1v) is 8.71. The van der Waals surface area contributed by atoms with Gasteiger partial charge in [-0.05, 0) is 73.3 Å². The molecule has 0 radical (unpaired) electrons. The second kappa shape index (κ2) is 5.56. The zero-order valence-electron chi connectivity index (χ0n) is 14.4. The highest BCUT2D eigenvalue weighted by Gasteiger charge is 2.54. The molecule has 122 valence electrons. The van der Waals surface area contributed by atoms with Gasteiger partial charge in [0.25, 0.3) is 0 Å². The van der Waals surface area contributed by atoms with E-state index in [4.69, 9.17) is 4.42 Å². The number of furan rings is 1. The third-order valence-electron chi connectivity index (χ3n) is 6.83. The third-order valence-corrected chi connectivity index (χ3v) is 6.83. The molecule has 0 saturated heterocycles. The lowest BCUT2D eigenvalue weighted by molar-refractivity contribution is -0.115. The molecule has 0 aromatic carbocycles. The minimum atomic E-state index is -0.160. The number of rotatable bonds is 3. The minimum absolute atomic E-state index is 0.0120. The predicted molar refractivity (Wildman–Crippen MR) is 89.5 cm³/mol. The van der Waals surface area contributed by atoms with Gasteiger partial charge < -0.3 is 9.52 Å². The molecule has 1 saturated carbocycles. The van der Waals surface area contributed by atoms with E-state index in [0.29, 0.717) is 17.3 Å². The molecule has 1 aromatic rings. The Bertz CT molecular complexity index is 540. The maximum Gasteiger partial charge on any atom is 0.0934 e. The molecule has 2 heteroatoms. The molecule has 0 amide bonds. The molecule has 0 unspecified atom stereocenters. The monoisotopic (exact) mass is 302 g/mol. The molecule has 1 N–H and O–H groups in total. The predicted octanol–water partition coefficient (Wildman–Crippen LogP) is 4.98. The van der Waals surface area contributed by atoms with Crippen LogP contribution in [0.25, 0.3) is 0 Å². The number of fused-ring (bicyclic) bond motifs is 1. The lowest BCUT2D eigenvalue weighted by Gasteiger charge is -2.58. The van der Waals surface area contributed by atoms with Crippen molar-refractivity contribution in [1.82, 2.24) is 0 Å². The Kier molecular flexibility index (Phi) is 4.01. The second-order valence-corrected chi connectivity index (χ2v) is 8.34. The summed E-state index contributed by atoms with van der Waals surface area (Å²) in [5.74, 6) is 1.19. The first kappa shape index (κ1) is 15.9. The fourth-order valence-electron chi connectivity index (χ4n) is 5.34. The van der Waals surface area contributed by atoms with Crippen molar-refractivity contribution in [3.8, 4) is 0 Å². The Hall–Kier alpha value is -1.02. The Balaban J connectivity index is 1.85. The molecule has 3 rings (SSSR count). The van der Waals surface area contributed by atoms with Crippen molar-refractivity contribution in [2.75, 3.05) is 0 Å². The van der Waals surface area contributed by atoms with Crippen LogP contribution in [0.15, 0.2) is 34.7 Å². The lowest BCUT2D eigenvalue weighted by Crippen LogP contribution is -2.54. The fraction of sp³-hybridized carbons (Fsp3) is 0.700. The van der Waals surface area contributed by atoms with Crippen molar-refractivity contribution in [3.63, 3.8) is 0 Å². The minimum Gasteiger partial charge on any atom is -0.472 e. The maximum atomic E-state index is 10.5. The smallest absolute Gasteiger partial charge is 0.0934 e. The zero-order chi connectivity index (χ0) is 16.0. The van der Waals surface area contributed by atoms with Gasteiger partial charge in [-0.1, -0.05) is 32.4 Å². The van der Waals surface area contributed by atoms with Gasteiger partial charge in [0, 0.05) is 0 Å². The summed E-state index contributed by atoms with van der Waals surface area (Å²) in [6.45, 7) is 9.31. The summed E-state index contributed by atoms with van der Waals surface area (Å²) in [6, 6.07) is 2.08. The van der Waals surface area contributed by atoms with Gasteiger partial charge in [-0.3, -0.25) is 0 Å². The van der Waals surface area contributed by atoms with Crippen LogP contribution in [0.5, 0.6) is 0 Å². The molecule has 2 aliphatic rings. The van der Waals surface area contributed by atoms with Crippen LogP contribution < -0.4 is 0 Å². The number of aliphatic hydroxyl groups excluding tert-OH is 1. The Morgan fingerprint density at radius 2 is 2.09 bits per heavy atom. The van der Waals surface area contributed by atoms with Crippen molar-refractivity contribution >= 4 is 0 Å². The zero-order valence-corrected chi connectivity index (χ0v) is 14.4. The number of aryl methyl sites for hydroxylation is 1.